The largest absolute Gasteiger partial charge is 0.461 e. The molecule has 0 aliphatic carbocycles. The van der Waals surface area contributed by atoms with Crippen LogP contribution in [0.5, 0.6) is 17.2 Å². The molecule has 1 saturated heterocycles. The second kappa shape index (κ2) is 12.8. The summed E-state index contributed by atoms with van der Waals surface area (Å²) in [7, 11) is 3.73. The van der Waals surface area contributed by atoms with Crippen molar-refractivity contribution in [1.82, 2.24) is 0 Å². The Hall–Kier alpha value is -4.92. The first kappa shape index (κ1) is 32.6. The maximum Gasteiger partial charge on any atom is 0.339 e. The van der Waals surface area contributed by atoms with Crippen molar-refractivity contribution in [3.63, 3.8) is 0 Å². The number of aliphatic hydroxyl groups is 4. The number of hydrogen-bond donors (Lipinski definition) is 4. The molecule has 4 aromatic carbocycles. The Labute approximate surface area is 280 Å². The molecule has 13 nitrogen and oxygen atoms in total. The Balaban J connectivity index is 1.30. The summed E-state index contributed by atoms with van der Waals surface area (Å²) < 4.78 is 34.5. The van der Waals surface area contributed by atoms with Crippen LogP contribution < -0.4 is 19.1 Å². The van der Waals surface area contributed by atoms with Gasteiger partial charge in [0.2, 0.25) is 13.1 Å². The number of carbonyl (C=O) groups is 2. The van der Waals surface area contributed by atoms with E-state index in [1.807, 2.05) is 19.0 Å². The van der Waals surface area contributed by atoms with Crippen molar-refractivity contribution in [3.05, 3.63) is 82.4 Å². The molecule has 13 heteroatoms. The van der Waals surface area contributed by atoms with Crippen LogP contribution in [0.2, 0.25) is 0 Å². The van der Waals surface area contributed by atoms with Gasteiger partial charge in [-0.05, 0) is 77.5 Å². The van der Waals surface area contributed by atoms with Crippen LogP contribution in [-0.4, -0.2) is 84.0 Å². The van der Waals surface area contributed by atoms with Gasteiger partial charge in [0, 0.05) is 36.3 Å². The van der Waals surface area contributed by atoms with Crippen LogP contribution in [0.15, 0.2) is 54.6 Å². The molecule has 49 heavy (non-hydrogen) atoms. The second-order valence-electron chi connectivity index (χ2n) is 12.3. The van der Waals surface area contributed by atoms with Gasteiger partial charge >= 0.3 is 11.9 Å². The molecule has 1 unspecified atom stereocenters. The first-order valence-electron chi connectivity index (χ1n) is 15.7. The number of nitrogens with zero attached hydrogens (tertiary/aromatic N) is 1. The lowest BCUT2D eigenvalue weighted by molar-refractivity contribution is -0.267. The average Bonchev–Trinajstić information content (AvgIpc) is 3.74. The van der Waals surface area contributed by atoms with Gasteiger partial charge in [-0.3, -0.25) is 0 Å². The number of fused-ring (bicyclic) bond motifs is 3. The minimum Gasteiger partial charge on any atom is -0.461 e. The Bertz CT molecular complexity index is 1940. The molecule has 5 atom stereocenters. The third kappa shape index (κ3) is 5.69. The molecule has 4 aromatic rings. The quantitative estimate of drug-likeness (QED) is 0.201. The normalized spacial score (nSPS) is 22.5. The van der Waals surface area contributed by atoms with Crippen LogP contribution >= 0.6 is 0 Å². The minimum atomic E-state index is -1.66. The molecule has 0 aromatic heterocycles. The number of aliphatic hydroxyl groups excluding tert-OH is 4. The van der Waals surface area contributed by atoms with Crippen molar-refractivity contribution < 1.29 is 58.4 Å². The van der Waals surface area contributed by atoms with Crippen LogP contribution in [0.25, 0.3) is 21.9 Å². The number of benzene rings is 4. The van der Waals surface area contributed by atoms with E-state index in [2.05, 4.69) is 0 Å². The van der Waals surface area contributed by atoms with Gasteiger partial charge in [0.1, 0.15) is 18.5 Å². The van der Waals surface area contributed by atoms with E-state index < -0.39 is 55.9 Å². The molecule has 256 valence electrons. The number of hydrogen-bond acceptors (Lipinski definition) is 13. The minimum absolute atomic E-state index is 0.0524. The fourth-order valence-corrected chi connectivity index (χ4v) is 6.44. The Morgan fingerprint density at radius 3 is 2.27 bits per heavy atom. The van der Waals surface area contributed by atoms with Crippen LogP contribution in [0.4, 0.5) is 5.69 Å². The van der Waals surface area contributed by atoms with Gasteiger partial charge in [-0.1, -0.05) is 6.07 Å². The van der Waals surface area contributed by atoms with E-state index in [1.54, 1.807) is 61.5 Å². The molecule has 0 spiro atoms. The van der Waals surface area contributed by atoms with Gasteiger partial charge in [0.05, 0.1) is 30.4 Å². The van der Waals surface area contributed by atoms with Gasteiger partial charge in [0.15, 0.2) is 23.7 Å². The summed E-state index contributed by atoms with van der Waals surface area (Å²) in [5.74, 6) is -0.222. The van der Waals surface area contributed by atoms with E-state index >= 15 is 0 Å². The summed E-state index contributed by atoms with van der Waals surface area (Å²) in [6.45, 7) is 0.632. The maximum atomic E-state index is 13.4. The smallest absolute Gasteiger partial charge is 0.339 e. The number of ether oxygens (including phenoxy) is 6. The highest BCUT2D eigenvalue weighted by Crippen LogP contribution is 2.48. The third-order valence-corrected chi connectivity index (χ3v) is 9.11. The monoisotopic (exact) mass is 673 g/mol. The van der Waals surface area contributed by atoms with E-state index in [0.29, 0.717) is 50.1 Å². The Morgan fingerprint density at radius 2 is 1.57 bits per heavy atom. The first-order chi connectivity index (χ1) is 23.6. The molecular formula is C36H35NO12. The molecule has 7 rings (SSSR count). The molecule has 0 bridgehead atoms. The summed E-state index contributed by atoms with van der Waals surface area (Å²) in [4.78, 5) is 28.4. The lowest BCUT2D eigenvalue weighted by Crippen LogP contribution is -2.59. The molecule has 3 aliphatic heterocycles. The molecular weight excluding hydrogens is 638 g/mol. The maximum absolute atomic E-state index is 13.4. The van der Waals surface area contributed by atoms with E-state index in [-0.39, 0.29) is 30.3 Å². The number of esters is 2. The molecule has 0 saturated carbocycles. The van der Waals surface area contributed by atoms with Crippen LogP contribution in [0.3, 0.4) is 0 Å². The van der Waals surface area contributed by atoms with Crippen LogP contribution in [-0.2, 0) is 34.0 Å². The predicted molar refractivity (Wildman–Crippen MR) is 173 cm³/mol. The third-order valence-electron chi connectivity index (χ3n) is 9.11. The summed E-state index contributed by atoms with van der Waals surface area (Å²) in [5, 5.41) is 43.7. The van der Waals surface area contributed by atoms with Gasteiger partial charge in [-0.25, -0.2) is 9.59 Å². The van der Waals surface area contributed by atoms with Crippen molar-refractivity contribution in [2.45, 2.75) is 57.5 Å². The van der Waals surface area contributed by atoms with Crippen molar-refractivity contribution in [1.29, 1.82) is 0 Å². The van der Waals surface area contributed by atoms with Gasteiger partial charge in [-0.15, -0.1) is 0 Å². The molecule has 3 aliphatic rings. The standard InChI is InChI=1S/C36H35NO12/c1-17-30(40)33(48-34(42)18-4-7-22(8-5-18)37(2)3)31(41)36(47-17)49-32-24-11-21(14-39)20(13-38)10-23(24)28(29-25(32)15-44-35(29)43)19-6-9-26-27(12-19)46-16-45-26/h4-12,17,30-31,33,36,38-41H,13-16H2,1-3H3/t17-,30-,31-,33+,36?/m1/s1. The van der Waals surface area contributed by atoms with Crippen molar-refractivity contribution in [3.8, 4) is 28.4 Å². The zero-order valence-electron chi connectivity index (χ0n) is 26.9. The van der Waals surface area contributed by atoms with Crippen molar-refractivity contribution in [2.75, 3.05) is 25.8 Å². The molecule has 0 radical (unpaired) electrons. The SMILES string of the molecule is C[C@H]1OC(Oc2c3c(c(-c4ccc5c(c4)OCO5)c4cc(CO)c(CO)cc24)C(=O)OC3)[C@H](O)[C@@H](OC(=O)c2ccc(N(C)C)cc2)[C@@H]1O. The number of carbonyl (C=O) groups excluding carboxylic acids is 2. The zero-order chi connectivity index (χ0) is 34.6. The van der Waals surface area contributed by atoms with E-state index in [4.69, 9.17) is 28.4 Å². The van der Waals surface area contributed by atoms with E-state index in [9.17, 15) is 30.0 Å². The van der Waals surface area contributed by atoms with Crippen LogP contribution in [0.1, 0.15) is 44.3 Å². The highest BCUT2D eigenvalue weighted by atomic mass is 16.7. The number of cyclic esters (lactones) is 1. The summed E-state index contributed by atoms with van der Waals surface area (Å²) in [6, 6.07) is 15.2. The van der Waals surface area contributed by atoms with Gasteiger partial charge in [0.25, 0.3) is 0 Å². The molecule has 4 N–H and O–H groups in total. The molecule has 0 amide bonds. The summed E-state index contributed by atoms with van der Waals surface area (Å²) >= 11 is 0. The lowest BCUT2D eigenvalue weighted by Gasteiger charge is -2.41. The summed E-state index contributed by atoms with van der Waals surface area (Å²) in [5.41, 5.74) is 3.56. The lowest BCUT2D eigenvalue weighted by atomic mass is 9.87. The van der Waals surface area contributed by atoms with E-state index in [1.165, 1.54) is 0 Å². The molecule has 1 fully saturated rings. The van der Waals surface area contributed by atoms with Crippen LogP contribution in [0, 0.1) is 0 Å². The number of anilines is 1. The van der Waals surface area contributed by atoms with Crippen molar-refractivity contribution in [2.24, 2.45) is 0 Å². The zero-order valence-corrected chi connectivity index (χ0v) is 26.9. The summed E-state index contributed by atoms with van der Waals surface area (Å²) in [6.07, 6.45) is -6.91. The Kier molecular flexibility index (Phi) is 8.55. The number of rotatable bonds is 8. The Morgan fingerprint density at radius 1 is 0.878 bits per heavy atom. The van der Waals surface area contributed by atoms with E-state index in [0.717, 1.165) is 5.69 Å². The second-order valence-corrected chi connectivity index (χ2v) is 12.3. The highest BCUT2D eigenvalue weighted by molar-refractivity contribution is 6.13. The fraction of sp³-hybridized carbons (Fsp3) is 0.333. The fourth-order valence-electron chi connectivity index (χ4n) is 6.44. The highest BCUT2D eigenvalue weighted by Gasteiger charge is 2.47. The molecule has 3 heterocycles. The average molecular weight is 674 g/mol. The predicted octanol–water partition coefficient (Wildman–Crippen LogP) is 3.03. The first-order valence-corrected chi connectivity index (χ1v) is 15.7. The van der Waals surface area contributed by atoms with Gasteiger partial charge in [-0.2, -0.15) is 0 Å². The van der Waals surface area contributed by atoms with Gasteiger partial charge < -0.3 is 53.7 Å². The topological polar surface area (TPSA) is 174 Å². The van der Waals surface area contributed by atoms with Crippen molar-refractivity contribution >= 4 is 28.4 Å².